The number of alkyl halides is 1. The van der Waals surface area contributed by atoms with Crippen molar-refractivity contribution in [1.82, 2.24) is 4.90 Å². The second-order valence-corrected chi connectivity index (χ2v) is 5.64. The van der Waals surface area contributed by atoms with Gasteiger partial charge in [-0.1, -0.05) is 36.7 Å². The Morgan fingerprint density at radius 3 is 2.80 bits per heavy atom. The Balaban J connectivity index is 2.15. The number of hydrogen-bond donors (Lipinski definition) is 0. The summed E-state index contributed by atoms with van der Waals surface area (Å²) in [5.41, 5.74) is 0. The smallest absolute Gasteiger partial charge is 0.0593 e. The predicted molar refractivity (Wildman–Crippen MR) is 68.6 cm³/mol. The van der Waals surface area contributed by atoms with Crippen molar-refractivity contribution in [3.05, 3.63) is 0 Å². The summed E-state index contributed by atoms with van der Waals surface area (Å²) in [6, 6.07) is 0.715. The molecule has 0 N–H and O–H groups in total. The number of likely N-dealkylation sites (tertiary alicyclic amines) is 1. The summed E-state index contributed by atoms with van der Waals surface area (Å²) >= 11 is 3.61. The Morgan fingerprint density at radius 1 is 1.47 bits per heavy atom. The van der Waals surface area contributed by atoms with Gasteiger partial charge in [0.05, 0.1) is 6.61 Å². The highest BCUT2D eigenvalue weighted by Crippen LogP contribution is 2.24. The van der Waals surface area contributed by atoms with Gasteiger partial charge >= 0.3 is 0 Å². The van der Waals surface area contributed by atoms with E-state index in [-0.39, 0.29) is 0 Å². The van der Waals surface area contributed by atoms with E-state index in [1.807, 2.05) is 0 Å². The van der Waals surface area contributed by atoms with Crippen LogP contribution >= 0.6 is 15.9 Å². The fourth-order valence-electron chi connectivity index (χ4n) is 2.12. The monoisotopic (exact) mass is 277 g/mol. The molecule has 0 radical (unpaired) electrons. The fraction of sp³-hybridized carbons (Fsp3) is 1.00. The minimum atomic E-state index is 0.648. The summed E-state index contributed by atoms with van der Waals surface area (Å²) in [6.45, 7) is 10.8. The molecule has 2 atom stereocenters. The molecule has 1 heterocycles. The van der Waals surface area contributed by atoms with E-state index in [1.54, 1.807) is 0 Å². The summed E-state index contributed by atoms with van der Waals surface area (Å²) in [7, 11) is 0. The Hall–Kier alpha value is 0.400. The Morgan fingerprint density at radius 2 is 2.20 bits per heavy atom. The quantitative estimate of drug-likeness (QED) is 0.547. The second-order valence-electron chi connectivity index (χ2n) is 4.99. The first kappa shape index (κ1) is 13.5. The van der Waals surface area contributed by atoms with Gasteiger partial charge in [0.25, 0.3) is 0 Å². The van der Waals surface area contributed by atoms with E-state index in [0.29, 0.717) is 12.0 Å². The van der Waals surface area contributed by atoms with Crippen LogP contribution in [0, 0.1) is 11.8 Å². The molecule has 0 bridgehead atoms. The molecule has 0 saturated carbocycles. The zero-order valence-electron chi connectivity index (χ0n) is 10.2. The van der Waals surface area contributed by atoms with Crippen LogP contribution in [-0.2, 0) is 4.74 Å². The lowest BCUT2D eigenvalue weighted by Gasteiger charge is -2.24. The third-order valence-corrected chi connectivity index (χ3v) is 3.79. The van der Waals surface area contributed by atoms with Crippen molar-refractivity contribution in [3.8, 4) is 0 Å². The highest BCUT2D eigenvalue weighted by Gasteiger charge is 2.29. The van der Waals surface area contributed by atoms with E-state index in [9.17, 15) is 0 Å². The molecule has 2 unspecified atom stereocenters. The van der Waals surface area contributed by atoms with Gasteiger partial charge in [-0.25, -0.2) is 0 Å². The number of nitrogens with zero attached hydrogens (tertiary/aromatic N) is 1. The van der Waals surface area contributed by atoms with Gasteiger partial charge in [0.1, 0.15) is 0 Å². The van der Waals surface area contributed by atoms with Gasteiger partial charge in [-0.05, 0) is 24.8 Å². The van der Waals surface area contributed by atoms with Crippen LogP contribution in [0.3, 0.4) is 0 Å². The van der Waals surface area contributed by atoms with Gasteiger partial charge in [0.15, 0.2) is 0 Å². The Kier molecular flexibility index (Phi) is 6.17. The largest absolute Gasteiger partial charge is 0.380 e. The van der Waals surface area contributed by atoms with Crippen LogP contribution in [0.15, 0.2) is 0 Å². The maximum Gasteiger partial charge on any atom is 0.0593 e. The molecular formula is C12H24BrNO. The lowest BCUT2D eigenvalue weighted by atomic mass is 10.1. The van der Waals surface area contributed by atoms with E-state index < -0.39 is 0 Å². The minimum absolute atomic E-state index is 0.648. The third kappa shape index (κ3) is 4.41. The van der Waals surface area contributed by atoms with Crippen LogP contribution < -0.4 is 0 Å². The average molecular weight is 278 g/mol. The summed E-state index contributed by atoms with van der Waals surface area (Å²) in [5.74, 6) is 1.48. The predicted octanol–water partition coefficient (Wildman–Crippen LogP) is 2.76. The molecule has 90 valence electrons. The molecular weight excluding hydrogens is 254 g/mol. The topological polar surface area (TPSA) is 12.5 Å². The normalized spacial score (nSPS) is 27.8. The van der Waals surface area contributed by atoms with Crippen LogP contribution in [0.4, 0.5) is 0 Å². The molecule has 1 rings (SSSR count). The van der Waals surface area contributed by atoms with Gasteiger partial charge in [0.2, 0.25) is 0 Å². The van der Waals surface area contributed by atoms with E-state index in [2.05, 4.69) is 41.6 Å². The maximum atomic E-state index is 5.63. The second kappa shape index (κ2) is 6.87. The number of ether oxygens (including phenoxy) is 1. The number of hydrogen-bond acceptors (Lipinski definition) is 2. The van der Waals surface area contributed by atoms with E-state index in [4.69, 9.17) is 4.74 Å². The van der Waals surface area contributed by atoms with Crippen molar-refractivity contribution in [2.75, 3.05) is 31.6 Å². The molecule has 0 spiro atoms. The van der Waals surface area contributed by atoms with Crippen LogP contribution in [0.1, 0.15) is 27.2 Å². The molecule has 0 aromatic rings. The summed E-state index contributed by atoms with van der Waals surface area (Å²) < 4.78 is 5.63. The van der Waals surface area contributed by atoms with Gasteiger partial charge < -0.3 is 4.74 Å². The molecule has 1 fully saturated rings. The van der Waals surface area contributed by atoms with Gasteiger partial charge in [-0.2, -0.15) is 0 Å². The van der Waals surface area contributed by atoms with Crippen LogP contribution in [0.5, 0.6) is 0 Å². The van der Waals surface area contributed by atoms with Crippen molar-refractivity contribution in [1.29, 1.82) is 0 Å². The number of rotatable bonds is 6. The zero-order valence-corrected chi connectivity index (χ0v) is 11.8. The molecule has 1 aliphatic heterocycles. The van der Waals surface area contributed by atoms with Crippen molar-refractivity contribution in [2.45, 2.75) is 33.2 Å². The molecule has 2 nitrogen and oxygen atoms in total. The Bertz CT molecular complexity index is 175. The Labute approximate surface area is 102 Å². The first-order valence-electron chi connectivity index (χ1n) is 6.03. The summed E-state index contributed by atoms with van der Waals surface area (Å²) in [6.07, 6.45) is 1.33. The molecule has 0 amide bonds. The van der Waals surface area contributed by atoms with Crippen LogP contribution in [-0.4, -0.2) is 42.6 Å². The van der Waals surface area contributed by atoms with Crippen molar-refractivity contribution in [3.63, 3.8) is 0 Å². The third-order valence-electron chi connectivity index (χ3n) is 3.13. The standard InChI is InChI=1S/C12H24BrNO/c1-10(2)9-15-7-6-14-5-4-11(3)12(14)8-13/h10-12H,4-9H2,1-3H3. The first-order chi connectivity index (χ1) is 7.15. The lowest BCUT2D eigenvalue weighted by Crippen LogP contribution is -2.36. The van der Waals surface area contributed by atoms with Crippen LogP contribution in [0.25, 0.3) is 0 Å². The van der Waals surface area contributed by atoms with Crippen molar-refractivity contribution in [2.24, 2.45) is 11.8 Å². The highest BCUT2D eigenvalue weighted by atomic mass is 79.9. The SMILES string of the molecule is CC(C)COCCN1CCC(C)C1CBr. The molecule has 0 aromatic carbocycles. The molecule has 15 heavy (non-hydrogen) atoms. The van der Waals surface area contributed by atoms with Gasteiger partial charge in [-0.15, -0.1) is 0 Å². The summed E-state index contributed by atoms with van der Waals surface area (Å²) in [4.78, 5) is 2.56. The molecule has 3 heteroatoms. The fourth-order valence-corrected chi connectivity index (χ4v) is 3.16. The molecule has 1 saturated heterocycles. The van der Waals surface area contributed by atoms with Gasteiger partial charge in [-0.3, -0.25) is 4.90 Å². The van der Waals surface area contributed by atoms with Gasteiger partial charge in [0, 0.05) is 24.5 Å². The average Bonchev–Trinajstić information content (AvgIpc) is 2.53. The van der Waals surface area contributed by atoms with E-state index in [1.165, 1.54) is 13.0 Å². The molecule has 0 aliphatic carbocycles. The maximum absolute atomic E-state index is 5.63. The van der Waals surface area contributed by atoms with E-state index in [0.717, 1.165) is 31.0 Å². The van der Waals surface area contributed by atoms with E-state index >= 15 is 0 Å². The molecule has 0 aromatic heterocycles. The van der Waals surface area contributed by atoms with Crippen molar-refractivity contribution >= 4 is 15.9 Å². The minimum Gasteiger partial charge on any atom is -0.380 e. The molecule has 1 aliphatic rings. The zero-order chi connectivity index (χ0) is 11.3. The summed E-state index contributed by atoms with van der Waals surface area (Å²) in [5, 5.41) is 1.10. The van der Waals surface area contributed by atoms with Crippen molar-refractivity contribution < 1.29 is 4.74 Å². The lowest BCUT2D eigenvalue weighted by molar-refractivity contribution is 0.0824. The first-order valence-corrected chi connectivity index (χ1v) is 7.15. The number of halogens is 1. The highest BCUT2D eigenvalue weighted by molar-refractivity contribution is 9.09. The van der Waals surface area contributed by atoms with Crippen LogP contribution in [0.2, 0.25) is 0 Å².